The van der Waals surface area contributed by atoms with Crippen LogP contribution in [0, 0.1) is 6.92 Å². The van der Waals surface area contributed by atoms with Crippen molar-refractivity contribution in [2.75, 3.05) is 19.8 Å². The molecule has 0 aliphatic carbocycles. The van der Waals surface area contributed by atoms with Crippen LogP contribution in [0.15, 0.2) is 45.2 Å². The van der Waals surface area contributed by atoms with Crippen LogP contribution in [0.1, 0.15) is 96.3 Å². The fourth-order valence-electron chi connectivity index (χ4n) is 5.04. The number of phosphoric ester groups is 1. The number of rotatable bonds is 22. The summed E-state index contributed by atoms with van der Waals surface area (Å²) in [6, 6.07) is 5.69. The molecule has 0 saturated carbocycles. The maximum atomic E-state index is 13.9. The number of aromatic amines is 1. The first-order chi connectivity index (χ1) is 22.2. The summed E-state index contributed by atoms with van der Waals surface area (Å²) in [6.45, 7) is 5.70. The molecule has 46 heavy (non-hydrogen) atoms. The number of nitrogens with zero attached hydrogens (tertiary/aromatic N) is 4. The van der Waals surface area contributed by atoms with Gasteiger partial charge in [0.05, 0.1) is 36.5 Å². The smallest absolute Gasteiger partial charge is 0.402 e. The fourth-order valence-corrected chi connectivity index (χ4v) is 6.57. The number of halogens is 1. The van der Waals surface area contributed by atoms with Gasteiger partial charge in [0.15, 0.2) is 0 Å². The van der Waals surface area contributed by atoms with Crippen LogP contribution in [-0.4, -0.2) is 47.6 Å². The van der Waals surface area contributed by atoms with Gasteiger partial charge in [0.1, 0.15) is 12.0 Å². The molecule has 0 radical (unpaired) electrons. The van der Waals surface area contributed by atoms with Crippen molar-refractivity contribution >= 4 is 19.4 Å². The predicted octanol–water partition coefficient (Wildman–Crippen LogP) is 8.01. The number of aryl methyl sites for hydroxylation is 1. The van der Waals surface area contributed by atoms with Crippen LogP contribution in [0.5, 0.6) is 5.75 Å². The Morgan fingerprint density at radius 3 is 2.46 bits per heavy atom. The maximum Gasteiger partial charge on any atom is 0.530 e. The number of H-pyrrole nitrogens is 1. The van der Waals surface area contributed by atoms with Gasteiger partial charge in [0, 0.05) is 29.7 Å². The molecule has 13 nitrogen and oxygen atoms in total. The SMILES string of the molecule is CCCCCCCCCCCCO[C@H](C)COP(=O)(OC[C@H]1O[C@@H](n2cc(C)c(=O)[nH]c2=O)C[C@@H]1N=[N+]=[N-])Oc1ccccc1Cl. The molecule has 0 spiro atoms. The minimum absolute atomic E-state index is 0.0839. The van der Waals surface area contributed by atoms with E-state index in [0.717, 1.165) is 12.8 Å². The third-order valence-corrected chi connectivity index (χ3v) is 9.33. The van der Waals surface area contributed by atoms with Crippen molar-refractivity contribution in [2.45, 2.75) is 116 Å². The average Bonchev–Trinajstić information content (AvgIpc) is 3.43. The highest BCUT2D eigenvalue weighted by molar-refractivity contribution is 7.48. The second kappa shape index (κ2) is 19.9. The predicted molar refractivity (Wildman–Crippen MR) is 176 cm³/mol. The van der Waals surface area contributed by atoms with Gasteiger partial charge in [0.25, 0.3) is 5.56 Å². The van der Waals surface area contributed by atoms with E-state index in [-0.39, 0.29) is 30.4 Å². The van der Waals surface area contributed by atoms with Gasteiger partial charge in [-0.25, -0.2) is 9.36 Å². The van der Waals surface area contributed by atoms with E-state index in [1.54, 1.807) is 25.1 Å². The summed E-state index contributed by atoms with van der Waals surface area (Å²) in [7, 11) is -4.30. The van der Waals surface area contributed by atoms with Crippen molar-refractivity contribution in [3.05, 3.63) is 72.3 Å². The van der Waals surface area contributed by atoms with Gasteiger partial charge >= 0.3 is 13.5 Å². The Balaban J connectivity index is 1.55. The van der Waals surface area contributed by atoms with Crippen LogP contribution in [0.25, 0.3) is 10.4 Å². The number of hydrogen-bond donors (Lipinski definition) is 1. The molecule has 1 aromatic carbocycles. The number of hydrogen-bond acceptors (Lipinski definition) is 9. The summed E-state index contributed by atoms with van der Waals surface area (Å²) in [6.07, 6.45) is 11.5. The molecule has 2 heterocycles. The largest absolute Gasteiger partial charge is 0.530 e. The Labute approximate surface area is 275 Å². The molecule has 1 aromatic heterocycles. The van der Waals surface area contributed by atoms with Crippen molar-refractivity contribution < 1.29 is 27.6 Å². The monoisotopic (exact) mass is 683 g/mol. The van der Waals surface area contributed by atoms with Crippen molar-refractivity contribution in [1.82, 2.24) is 9.55 Å². The second-order valence-corrected chi connectivity index (χ2v) is 13.5. The molecule has 1 N–H and O–H groups in total. The molecule has 1 saturated heterocycles. The number of phosphoric acid groups is 1. The van der Waals surface area contributed by atoms with E-state index in [4.69, 9.17) is 40.2 Å². The normalized spacial score (nSPS) is 19.8. The third-order valence-electron chi connectivity index (χ3n) is 7.67. The number of azide groups is 1. The lowest BCUT2D eigenvalue weighted by Gasteiger charge is -2.23. The van der Waals surface area contributed by atoms with Gasteiger partial charge < -0.3 is 14.0 Å². The van der Waals surface area contributed by atoms with Gasteiger partial charge in [-0.3, -0.25) is 23.4 Å². The molecule has 2 aromatic rings. The number of benzene rings is 1. The number of aromatic nitrogens is 2. The van der Waals surface area contributed by atoms with Gasteiger partial charge in [-0.1, -0.05) is 93.6 Å². The average molecular weight is 684 g/mol. The van der Waals surface area contributed by atoms with Crippen molar-refractivity contribution in [3.8, 4) is 5.75 Å². The molecule has 5 atom stereocenters. The van der Waals surface area contributed by atoms with Crippen molar-refractivity contribution in [1.29, 1.82) is 0 Å². The molecule has 3 rings (SSSR count). The molecule has 1 aliphatic rings. The zero-order valence-electron chi connectivity index (χ0n) is 27.0. The number of ether oxygens (including phenoxy) is 2. The molecular formula is C31H47ClN5O8P. The molecule has 0 amide bonds. The van der Waals surface area contributed by atoms with E-state index in [2.05, 4.69) is 21.9 Å². The summed E-state index contributed by atoms with van der Waals surface area (Å²) in [5.41, 5.74) is 8.24. The zero-order valence-corrected chi connectivity index (χ0v) is 28.6. The van der Waals surface area contributed by atoms with E-state index in [9.17, 15) is 14.2 Å². The summed E-state index contributed by atoms with van der Waals surface area (Å²) < 4.78 is 44.0. The lowest BCUT2D eigenvalue weighted by molar-refractivity contribution is -0.0310. The highest BCUT2D eigenvalue weighted by Crippen LogP contribution is 2.51. The molecule has 1 aliphatic heterocycles. The van der Waals surface area contributed by atoms with Crippen LogP contribution in [0.4, 0.5) is 0 Å². The molecule has 0 bridgehead atoms. The van der Waals surface area contributed by atoms with Crippen LogP contribution < -0.4 is 15.8 Å². The Bertz CT molecular complexity index is 1430. The minimum atomic E-state index is -4.30. The van der Waals surface area contributed by atoms with Crippen LogP contribution in [0.2, 0.25) is 5.02 Å². The van der Waals surface area contributed by atoms with Crippen LogP contribution in [-0.2, 0) is 23.1 Å². The molecule has 15 heteroatoms. The minimum Gasteiger partial charge on any atom is -0.402 e. The van der Waals surface area contributed by atoms with Crippen molar-refractivity contribution in [2.24, 2.45) is 5.11 Å². The second-order valence-electron chi connectivity index (χ2n) is 11.5. The lowest BCUT2D eigenvalue weighted by atomic mass is 10.1. The Morgan fingerprint density at radius 1 is 1.11 bits per heavy atom. The van der Waals surface area contributed by atoms with E-state index >= 15 is 0 Å². The first-order valence-corrected chi connectivity index (χ1v) is 18.0. The zero-order chi connectivity index (χ0) is 33.4. The molecule has 1 fully saturated rings. The van der Waals surface area contributed by atoms with Gasteiger partial charge in [-0.2, -0.15) is 0 Å². The standard InChI is InChI=1S/C31H47ClN5O8P/c1-4-5-6-7-8-9-10-11-12-15-18-41-24(3)21-42-46(40,45-27-17-14-13-16-25(27)32)43-22-28-26(35-36-33)19-29(44-28)37-20-23(2)30(38)34-31(37)39/h13-14,16-17,20,24,26,28-29H,4-12,15,18-19,21-22H2,1-3H3,(H,34,38,39)/t24-,26+,28-,29-,46?/m1/s1. The first-order valence-electron chi connectivity index (χ1n) is 16.1. The Morgan fingerprint density at radius 2 is 1.78 bits per heavy atom. The lowest BCUT2D eigenvalue weighted by Crippen LogP contribution is -2.33. The highest BCUT2D eigenvalue weighted by atomic mass is 35.5. The third kappa shape index (κ3) is 12.5. The number of para-hydroxylation sites is 1. The summed E-state index contributed by atoms with van der Waals surface area (Å²) >= 11 is 6.25. The quantitative estimate of drug-likeness (QED) is 0.0428. The van der Waals surface area contributed by atoms with Crippen molar-refractivity contribution in [3.63, 3.8) is 0 Å². The number of unbranched alkanes of at least 4 members (excludes halogenated alkanes) is 9. The van der Waals surface area contributed by atoms with Crippen LogP contribution in [0.3, 0.4) is 0 Å². The van der Waals surface area contributed by atoms with Gasteiger partial charge in [0.2, 0.25) is 0 Å². The molecule has 1 unspecified atom stereocenters. The summed E-state index contributed by atoms with van der Waals surface area (Å²) in [5.74, 6) is 0.0958. The highest BCUT2D eigenvalue weighted by Gasteiger charge is 2.40. The number of nitrogens with one attached hydrogen (secondary N) is 1. The Hall–Kier alpha value is -2.63. The molecular weight excluding hydrogens is 637 g/mol. The fraction of sp³-hybridized carbons (Fsp3) is 0.677. The summed E-state index contributed by atoms with van der Waals surface area (Å²) in [4.78, 5) is 29.4. The van der Waals surface area contributed by atoms with E-state index < -0.39 is 43.5 Å². The van der Waals surface area contributed by atoms with Crippen LogP contribution >= 0.6 is 19.4 Å². The Kier molecular flexibility index (Phi) is 16.4. The summed E-state index contributed by atoms with van der Waals surface area (Å²) in [5, 5.41) is 3.98. The van der Waals surface area contributed by atoms with E-state index in [0.29, 0.717) is 12.2 Å². The van der Waals surface area contributed by atoms with Gasteiger partial charge in [-0.05, 0) is 37.9 Å². The first kappa shape index (κ1) is 37.8. The maximum absolute atomic E-state index is 13.9. The topological polar surface area (TPSA) is 167 Å². The van der Waals surface area contributed by atoms with E-state index in [1.165, 1.54) is 68.2 Å². The molecule has 256 valence electrons. The van der Waals surface area contributed by atoms with E-state index in [1.807, 2.05) is 6.92 Å². The van der Waals surface area contributed by atoms with Gasteiger partial charge in [-0.15, -0.1) is 0 Å².